The summed E-state index contributed by atoms with van der Waals surface area (Å²) in [4.78, 5) is 16.2. The standard InChI is InChI=1S/C13H9N3O/c17-13-9-11(10-5-2-1-3-6-10)15-12-7-4-8-14-16(12)13/h1-9H. The predicted octanol–water partition coefficient (Wildman–Crippen LogP) is 1.76. The molecule has 3 aromatic rings. The van der Waals surface area contributed by atoms with Crippen LogP contribution < -0.4 is 5.56 Å². The van der Waals surface area contributed by atoms with Crippen LogP contribution in [0, 0.1) is 0 Å². The molecule has 0 aliphatic heterocycles. The van der Waals surface area contributed by atoms with Crippen molar-refractivity contribution in [3.63, 3.8) is 0 Å². The van der Waals surface area contributed by atoms with Crippen molar-refractivity contribution in [2.24, 2.45) is 0 Å². The van der Waals surface area contributed by atoms with Crippen molar-refractivity contribution in [2.75, 3.05) is 0 Å². The lowest BCUT2D eigenvalue weighted by Crippen LogP contribution is -2.16. The molecule has 2 heterocycles. The Hall–Kier alpha value is -2.49. The number of fused-ring (bicyclic) bond motifs is 1. The van der Waals surface area contributed by atoms with Crippen LogP contribution in [0.1, 0.15) is 0 Å². The van der Waals surface area contributed by atoms with Crippen LogP contribution in [0.2, 0.25) is 0 Å². The van der Waals surface area contributed by atoms with Gasteiger partial charge in [-0.3, -0.25) is 4.79 Å². The molecule has 0 amide bonds. The minimum Gasteiger partial charge on any atom is -0.267 e. The van der Waals surface area contributed by atoms with Crippen molar-refractivity contribution < 1.29 is 0 Å². The van der Waals surface area contributed by atoms with Gasteiger partial charge in [0.1, 0.15) is 0 Å². The average molecular weight is 223 g/mol. The number of nitrogens with zero attached hydrogens (tertiary/aromatic N) is 3. The highest BCUT2D eigenvalue weighted by Gasteiger charge is 2.03. The molecule has 0 unspecified atom stereocenters. The molecule has 82 valence electrons. The lowest BCUT2D eigenvalue weighted by Gasteiger charge is -2.02. The molecule has 0 fully saturated rings. The van der Waals surface area contributed by atoms with E-state index in [-0.39, 0.29) is 5.56 Å². The molecule has 0 aliphatic rings. The first-order valence-corrected chi connectivity index (χ1v) is 5.25. The van der Waals surface area contributed by atoms with Gasteiger partial charge in [-0.25, -0.2) is 4.98 Å². The second kappa shape index (κ2) is 3.83. The van der Waals surface area contributed by atoms with E-state index in [1.807, 2.05) is 30.3 Å². The lowest BCUT2D eigenvalue weighted by atomic mass is 10.1. The van der Waals surface area contributed by atoms with Crippen LogP contribution in [0.3, 0.4) is 0 Å². The first-order valence-electron chi connectivity index (χ1n) is 5.25. The second-order valence-electron chi connectivity index (χ2n) is 3.64. The van der Waals surface area contributed by atoms with Gasteiger partial charge in [0, 0.05) is 17.8 Å². The zero-order chi connectivity index (χ0) is 11.7. The summed E-state index contributed by atoms with van der Waals surface area (Å²) in [7, 11) is 0. The molecule has 0 bridgehead atoms. The third kappa shape index (κ3) is 1.69. The minimum absolute atomic E-state index is 0.172. The van der Waals surface area contributed by atoms with Crippen molar-refractivity contribution in [3.8, 4) is 11.3 Å². The smallest absolute Gasteiger partial charge is 0.267 e. The van der Waals surface area contributed by atoms with Gasteiger partial charge in [0.25, 0.3) is 5.56 Å². The molecule has 3 rings (SSSR count). The van der Waals surface area contributed by atoms with Crippen molar-refractivity contribution in [1.82, 2.24) is 14.6 Å². The molecular weight excluding hydrogens is 214 g/mol. The van der Waals surface area contributed by atoms with E-state index in [1.54, 1.807) is 18.3 Å². The van der Waals surface area contributed by atoms with E-state index in [1.165, 1.54) is 10.6 Å². The van der Waals surface area contributed by atoms with Gasteiger partial charge in [-0.15, -0.1) is 0 Å². The van der Waals surface area contributed by atoms with E-state index >= 15 is 0 Å². The quantitative estimate of drug-likeness (QED) is 0.631. The van der Waals surface area contributed by atoms with Crippen LogP contribution in [0.15, 0.2) is 59.5 Å². The summed E-state index contributed by atoms with van der Waals surface area (Å²) in [6.45, 7) is 0. The molecule has 0 spiro atoms. The number of hydrogen-bond acceptors (Lipinski definition) is 3. The fourth-order valence-electron chi connectivity index (χ4n) is 1.71. The van der Waals surface area contributed by atoms with Crippen LogP contribution in [0.25, 0.3) is 16.9 Å². The van der Waals surface area contributed by atoms with E-state index in [0.29, 0.717) is 11.3 Å². The molecule has 2 aromatic heterocycles. The Bertz CT molecular complexity index is 719. The number of benzene rings is 1. The van der Waals surface area contributed by atoms with E-state index < -0.39 is 0 Å². The van der Waals surface area contributed by atoms with Crippen LogP contribution in [0.4, 0.5) is 0 Å². The molecule has 0 aliphatic carbocycles. The maximum Gasteiger partial charge on any atom is 0.275 e. The van der Waals surface area contributed by atoms with Gasteiger partial charge in [-0.05, 0) is 12.1 Å². The highest BCUT2D eigenvalue weighted by molar-refractivity contribution is 5.60. The molecule has 17 heavy (non-hydrogen) atoms. The first-order chi connectivity index (χ1) is 8.34. The summed E-state index contributed by atoms with van der Waals surface area (Å²) >= 11 is 0. The maximum absolute atomic E-state index is 11.8. The van der Waals surface area contributed by atoms with Gasteiger partial charge in [-0.2, -0.15) is 9.61 Å². The topological polar surface area (TPSA) is 47.3 Å². The first kappa shape index (κ1) is 9.72. The maximum atomic E-state index is 11.8. The van der Waals surface area contributed by atoms with Crippen LogP contribution in [-0.4, -0.2) is 14.6 Å². The molecule has 0 N–H and O–H groups in total. The Morgan fingerprint density at radius 1 is 1.00 bits per heavy atom. The van der Waals surface area contributed by atoms with E-state index in [2.05, 4.69) is 10.1 Å². The fourth-order valence-corrected chi connectivity index (χ4v) is 1.71. The summed E-state index contributed by atoms with van der Waals surface area (Å²) in [5, 5.41) is 3.96. The Morgan fingerprint density at radius 2 is 1.82 bits per heavy atom. The summed E-state index contributed by atoms with van der Waals surface area (Å²) in [6.07, 6.45) is 1.57. The van der Waals surface area contributed by atoms with Gasteiger partial charge in [0.2, 0.25) is 0 Å². The zero-order valence-corrected chi connectivity index (χ0v) is 8.95. The Labute approximate surface area is 97.2 Å². The normalized spacial score (nSPS) is 10.6. The Balaban J connectivity index is 2.30. The lowest BCUT2D eigenvalue weighted by molar-refractivity contribution is 0.868. The van der Waals surface area contributed by atoms with E-state index in [0.717, 1.165) is 5.56 Å². The second-order valence-corrected chi connectivity index (χ2v) is 3.64. The third-order valence-electron chi connectivity index (χ3n) is 2.50. The highest BCUT2D eigenvalue weighted by Crippen LogP contribution is 2.14. The summed E-state index contributed by atoms with van der Waals surface area (Å²) in [6, 6.07) is 14.6. The summed E-state index contributed by atoms with van der Waals surface area (Å²) < 4.78 is 1.28. The minimum atomic E-state index is -0.172. The highest BCUT2D eigenvalue weighted by atomic mass is 16.1. The monoisotopic (exact) mass is 223 g/mol. The van der Waals surface area contributed by atoms with Crippen molar-refractivity contribution in [1.29, 1.82) is 0 Å². The van der Waals surface area contributed by atoms with E-state index in [4.69, 9.17) is 0 Å². The van der Waals surface area contributed by atoms with Gasteiger partial charge in [0.05, 0.1) is 5.69 Å². The fraction of sp³-hybridized carbons (Fsp3) is 0. The SMILES string of the molecule is O=c1cc(-c2ccccc2)nc2cccnn12. The largest absolute Gasteiger partial charge is 0.275 e. The summed E-state index contributed by atoms with van der Waals surface area (Å²) in [5.74, 6) is 0. The summed E-state index contributed by atoms with van der Waals surface area (Å²) in [5.41, 5.74) is 1.98. The van der Waals surface area contributed by atoms with Crippen LogP contribution in [-0.2, 0) is 0 Å². The number of rotatable bonds is 1. The van der Waals surface area contributed by atoms with Gasteiger partial charge >= 0.3 is 0 Å². The molecule has 0 atom stereocenters. The molecule has 4 heteroatoms. The van der Waals surface area contributed by atoms with E-state index in [9.17, 15) is 4.79 Å². The zero-order valence-electron chi connectivity index (χ0n) is 8.95. The predicted molar refractivity (Wildman–Crippen MR) is 64.7 cm³/mol. The number of aromatic nitrogens is 3. The Kier molecular flexibility index (Phi) is 2.19. The van der Waals surface area contributed by atoms with Gasteiger partial charge < -0.3 is 0 Å². The molecule has 4 nitrogen and oxygen atoms in total. The van der Waals surface area contributed by atoms with Crippen LogP contribution in [0.5, 0.6) is 0 Å². The van der Waals surface area contributed by atoms with Gasteiger partial charge in [0.15, 0.2) is 5.65 Å². The molecule has 1 aromatic carbocycles. The van der Waals surface area contributed by atoms with Crippen molar-refractivity contribution in [3.05, 3.63) is 65.1 Å². The van der Waals surface area contributed by atoms with Crippen molar-refractivity contribution in [2.45, 2.75) is 0 Å². The molecular formula is C13H9N3O. The van der Waals surface area contributed by atoms with Crippen LogP contribution >= 0.6 is 0 Å². The molecule has 0 saturated carbocycles. The van der Waals surface area contributed by atoms with Crippen molar-refractivity contribution >= 4 is 5.65 Å². The van der Waals surface area contributed by atoms with Gasteiger partial charge in [-0.1, -0.05) is 30.3 Å². The third-order valence-corrected chi connectivity index (χ3v) is 2.50. The average Bonchev–Trinajstić information content (AvgIpc) is 2.40. The molecule has 0 radical (unpaired) electrons. The number of hydrogen-bond donors (Lipinski definition) is 0. The molecule has 0 saturated heterocycles. The Morgan fingerprint density at radius 3 is 2.65 bits per heavy atom.